The van der Waals surface area contributed by atoms with Gasteiger partial charge in [0.05, 0.1) is 18.2 Å². The number of aromatic nitrogens is 2. The van der Waals surface area contributed by atoms with Crippen molar-refractivity contribution in [1.29, 1.82) is 0 Å². The zero-order valence-electron chi connectivity index (χ0n) is 10.8. The number of hydrogen-bond acceptors (Lipinski definition) is 6. The molecule has 0 fully saturated rings. The minimum Gasteiger partial charge on any atom is -0.394 e. The number of para-hydroxylation sites is 1. The quantitative estimate of drug-likeness (QED) is 0.616. The highest BCUT2D eigenvalue weighted by Crippen LogP contribution is 2.21. The number of aliphatic hydroxyl groups is 2. The summed E-state index contributed by atoms with van der Waals surface area (Å²) >= 11 is 0. The van der Waals surface area contributed by atoms with Gasteiger partial charge in [-0.3, -0.25) is 0 Å². The molecule has 2 aromatic rings. The Balaban J connectivity index is 2.33. The maximum absolute atomic E-state index is 9.39. The van der Waals surface area contributed by atoms with Crippen LogP contribution in [-0.2, 0) is 0 Å². The number of benzene rings is 1. The van der Waals surface area contributed by atoms with E-state index in [1.54, 1.807) is 0 Å². The number of hydrogen-bond donors (Lipinski definition) is 4. The van der Waals surface area contributed by atoms with E-state index in [0.717, 1.165) is 17.4 Å². The average molecular weight is 262 g/mol. The summed E-state index contributed by atoms with van der Waals surface area (Å²) in [6, 6.07) is 7.65. The van der Waals surface area contributed by atoms with Crippen LogP contribution in [0.15, 0.2) is 24.3 Å². The fourth-order valence-corrected chi connectivity index (χ4v) is 1.73. The minimum absolute atomic E-state index is 0.239. The van der Waals surface area contributed by atoms with E-state index < -0.39 is 6.10 Å². The Labute approximate surface area is 111 Å². The molecule has 0 spiro atoms. The number of anilines is 2. The van der Waals surface area contributed by atoms with E-state index in [1.165, 1.54) is 0 Å². The molecular weight excluding hydrogens is 244 g/mol. The van der Waals surface area contributed by atoms with Gasteiger partial charge >= 0.3 is 0 Å². The molecule has 1 unspecified atom stereocenters. The number of aliphatic hydroxyl groups excluding tert-OH is 2. The lowest BCUT2D eigenvalue weighted by Crippen LogP contribution is -2.23. The van der Waals surface area contributed by atoms with Crippen molar-refractivity contribution in [3.05, 3.63) is 24.3 Å². The third-order valence-electron chi connectivity index (χ3n) is 2.65. The Morgan fingerprint density at radius 1 is 1.21 bits per heavy atom. The van der Waals surface area contributed by atoms with Crippen molar-refractivity contribution in [1.82, 2.24) is 9.97 Å². The van der Waals surface area contributed by atoms with Gasteiger partial charge in [-0.25, -0.2) is 4.98 Å². The van der Waals surface area contributed by atoms with Crippen molar-refractivity contribution in [2.24, 2.45) is 0 Å². The molecule has 0 saturated carbocycles. The number of nitrogens with zero attached hydrogens (tertiary/aromatic N) is 2. The molecule has 0 aliphatic rings. The van der Waals surface area contributed by atoms with Gasteiger partial charge in [0.15, 0.2) is 0 Å². The summed E-state index contributed by atoms with van der Waals surface area (Å²) in [5.74, 6) is 1.19. The van der Waals surface area contributed by atoms with Crippen LogP contribution in [0, 0.1) is 0 Å². The van der Waals surface area contributed by atoms with Crippen LogP contribution in [0.5, 0.6) is 0 Å². The molecule has 0 bridgehead atoms. The molecule has 0 aliphatic heterocycles. The molecule has 2 rings (SSSR count). The third-order valence-corrected chi connectivity index (χ3v) is 2.65. The third kappa shape index (κ3) is 3.30. The van der Waals surface area contributed by atoms with E-state index in [2.05, 4.69) is 20.6 Å². The Morgan fingerprint density at radius 3 is 2.74 bits per heavy atom. The summed E-state index contributed by atoms with van der Waals surface area (Å²) in [5, 5.41) is 25.2. The fourth-order valence-electron chi connectivity index (χ4n) is 1.73. The van der Waals surface area contributed by atoms with Gasteiger partial charge in [-0.15, -0.1) is 0 Å². The monoisotopic (exact) mass is 262 g/mol. The van der Waals surface area contributed by atoms with Crippen LogP contribution in [0.25, 0.3) is 10.9 Å². The van der Waals surface area contributed by atoms with Crippen LogP contribution in [0.2, 0.25) is 0 Å². The van der Waals surface area contributed by atoms with Gasteiger partial charge in [-0.05, 0) is 19.1 Å². The first-order valence-corrected chi connectivity index (χ1v) is 6.28. The van der Waals surface area contributed by atoms with E-state index in [9.17, 15) is 5.11 Å². The molecule has 1 atom stereocenters. The predicted octanol–water partition coefficient (Wildman–Crippen LogP) is 0.827. The summed E-state index contributed by atoms with van der Waals surface area (Å²) in [6.45, 7) is 2.66. The second-order valence-electron chi connectivity index (χ2n) is 4.16. The van der Waals surface area contributed by atoms with Crippen molar-refractivity contribution in [2.45, 2.75) is 13.0 Å². The Kier molecular flexibility index (Phi) is 4.48. The second kappa shape index (κ2) is 6.31. The first kappa shape index (κ1) is 13.5. The van der Waals surface area contributed by atoms with Crippen molar-refractivity contribution in [3.8, 4) is 0 Å². The van der Waals surface area contributed by atoms with Crippen molar-refractivity contribution >= 4 is 22.7 Å². The maximum atomic E-state index is 9.39. The predicted molar refractivity (Wildman–Crippen MR) is 75.3 cm³/mol. The van der Waals surface area contributed by atoms with Gasteiger partial charge in [0.25, 0.3) is 0 Å². The van der Waals surface area contributed by atoms with Crippen molar-refractivity contribution < 1.29 is 10.2 Å². The highest BCUT2D eigenvalue weighted by Gasteiger charge is 2.08. The molecule has 0 amide bonds. The molecule has 1 heterocycles. The van der Waals surface area contributed by atoms with Gasteiger partial charge in [0.2, 0.25) is 5.95 Å². The maximum Gasteiger partial charge on any atom is 0.225 e. The van der Waals surface area contributed by atoms with E-state index in [-0.39, 0.29) is 13.2 Å². The summed E-state index contributed by atoms with van der Waals surface area (Å²) < 4.78 is 0. The molecular formula is C13H18N4O2. The zero-order valence-corrected chi connectivity index (χ0v) is 10.8. The molecule has 0 saturated heterocycles. The lowest BCUT2D eigenvalue weighted by molar-refractivity contribution is 0.105. The lowest BCUT2D eigenvalue weighted by atomic mass is 10.2. The Hall–Kier alpha value is -1.92. The molecule has 19 heavy (non-hydrogen) atoms. The molecule has 0 aliphatic carbocycles. The zero-order chi connectivity index (χ0) is 13.7. The standard InChI is InChI=1S/C13H18N4O2/c1-2-14-13-16-11-6-4-3-5-10(11)12(17-13)15-7-9(19)8-18/h3-6,9,18-19H,2,7-8H2,1H3,(H2,14,15,16,17). The molecule has 1 aromatic heterocycles. The fraction of sp³-hybridized carbons (Fsp3) is 0.385. The molecule has 1 aromatic carbocycles. The van der Waals surface area contributed by atoms with Crippen LogP contribution >= 0.6 is 0 Å². The van der Waals surface area contributed by atoms with Crippen molar-refractivity contribution in [2.75, 3.05) is 30.3 Å². The van der Waals surface area contributed by atoms with Gasteiger partial charge in [-0.2, -0.15) is 4.98 Å². The van der Waals surface area contributed by atoms with Gasteiger partial charge in [-0.1, -0.05) is 12.1 Å². The number of nitrogens with one attached hydrogen (secondary N) is 2. The molecule has 0 radical (unpaired) electrons. The topological polar surface area (TPSA) is 90.3 Å². The lowest BCUT2D eigenvalue weighted by Gasteiger charge is -2.13. The smallest absolute Gasteiger partial charge is 0.225 e. The van der Waals surface area contributed by atoms with Crippen LogP contribution in [0.1, 0.15) is 6.92 Å². The summed E-state index contributed by atoms with van der Waals surface area (Å²) in [7, 11) is 0. The largest absolute Gasteiger partial charge is 0.394 e. The summed E-state index contributed by atoms with van der Waals surface area (Å²) in [5.41, 5.74) is 0.828. The van der Waals surface area contributed by atoms with E-state index >= 15 is 0 Å². The Morgan fingerprint density at radius 2 is 2.00 bits per heavy atom. The summed E-state index contributed by atoms with van der Waals surface area (Å²) in [4.78, 5) is 8.77. The molecule has 6 nitrogen and oxygen atoms in total. The van der Waals surface area contributed by atoms with E-state index in [4.69, 9.17) is 5.11 Å². The van der Waals surface area contributed by atoms with Crippen LogP contribution in [0.3, 0.4) is 0 Å². The number of fused-ring (bicyclic) bond motifs is 1. The molecule has 102 valence electrons. The minimum atomic E-state index is -0.809. The summed E-state index contributed by atoms with van der Waals surface area (Å²) in [6.07, 6.45) is -0.809. The van der Waals surface area contributed by atoms with Crippen molar-refractivity contribution in [3.63, 3.8) is 0 Å². The normalized spacial score (nSPS) is 12.4. The van der Waals surface area contributed by atoms with Crippen LogP contribution in [0.4, 0.5) is 11.8 Å². The first-order valence-electron chi connectivity index (χ1n) is 6.28. The van der Waals surface area contributed by atoms with Gasteiger partial charge in [0.1, 0.15) is 5.82 Å². The second-order valence-corrected chi connectivity index (χ2v) is 4.16. The average Bonchev–Trinajstić information content (AvgIpc) is 2.44. The van der Waals surface area contributed by atoms with Gasteiger partial charge < -0.3 is 20.8 Å². The van der Waals surface area contributed by atoms with E-state index in [1.807, 2.05) is 31.2 Å². The highest BCUT2D eigenvalue weighted by atomic mass is 16.3. The highest BCUT2D eigenvalue weighted by molar-refractivity contribution is 5.90. The number of rotatable bonds is 6. The van der Waals surface area contributed by atoms with Crippen LogP contribution in [-0.4, -0.2) is 46.0 Å². The SMILES string of the molecule is CCNc1nc(NCC(O)CO)c2ccccc2n1. The first-order chi connectivity index (χ1) is 9.24. The Bertz CT molecular complexity index is 547. The van der Waals surface area contributed by atoms with Gasteiger partial charge in [0, 0.05) is 18.5 Å². The molecule has 6 heteroatoms. The molecule has 4 N–H and O–H groups in total. The van der Waals surface area contributed by atoms with Crippen LogP contribution < -0.4 is 10.6 Å². The van der Waals surface area contributed by atoms with E-state index in [0.29, 0.717) is 11.8 Å².